The van der Waals surface area contributed by atoms with E-state index in [1.807, 2.05) is 18.7 Å². The molecule has 3 rings (SSSR count). The zero-order valence-electron chi connectivity index (χ0n) is 14.4. The number of carbonyl (C=O) groups excluding carboxylic acids is 2. The van der Waals surface area contributed by atoms with Gasteiger partial charge in [-0.05, 0) is 18.2 Å². The highest BCUT2D eigenvalue weighted by molar-refractivity contribution is 7.17. The first-order valence-corrected chi connectivity index (χ1v) is 9.22. The Balaban J connectivity index is 1.67. The van der Waals surface area contributed by atoms with E-state index in [1.165, 1.54) is 17.4 Å². The number of thiophene rings is 1. The van der Waals surface area contributed by atoms with Crippen molar-refractivity contribution in [1.82, 2.24) is 9.80 Å². The average Bonchev–Trinajstić information content (AvgIpc) is 3.10. The van der Waals surface area contributed by atoms with Gasteiger partial charge in [-0.2, -0.15) is 0 Å². The van der Waals surface area contributed by atoms with E-state index < -0.39 is 0 Å². The molecule has 1 aliphatic rings. The monoisotopic (exact) mass is 360 g/mol. The molecule has 0 spiro atoms. The van der Waals surface area contributed by atoms with Crippen LogP contribution in [0.2, 0.25) is 0 Å². The van der Waals surface area contributed by atoms with Crippen molar-refractivity contribution in [3.05, 3.63) is 47.1 Å². The zero-order chi connectivity index (χ0) is 18.0. The van der Waals surface area contributed by atoms with Crippen LogP contribution in [-0.4, -0.2) is 47.8 Å². The van der Waals surface area contributed by atoms with Crippen molar-refractivity contribution >= 4 is 23.2 Å². The first kappa shape index (κ1) is 17.6. The molecule has 0 saturated carbocycles. The van der Waals surface area contributed by atoms with E-state index in [2.05, 4.69) is 0 Å². The molecule has 1 aromatic heterocycles. The second-order valence-corrected chi connectivity index (χ2v) is 7.50. The molecule has 1 fully saturated rings. The Bertz CT molecular complexity index is 779. The van der Waals surface area contributed by atoms with Crippen LogP contribution in [0.15, 0.2) is 36.4 Å². The van der Waals surface area contributed by atoms with E-state index in [1.54, 1.807) is 35.2 Å². The van der Waals surface area contributed by atoms with Crippen LogP contribution in [-0.2, 0) is 4.79 Å². The summed E-state index contributed by atoms with van der Waals surface area (Å²) in [6, 6.07) is 10.1. The molecule has 0 N–H and O–H groups in total. The van der Waals surface area contributed by atoms with Crippen LogP contribution in [0.25, 0.3) is 10.4 Å². The van der Waals surface area contributed by atoms with Crippen LogP contribution in [0.5, 0.6) is 0 Å². The number of nitrogens with zero attached hydrogens (tertiary/aromatic N) is 2. The van der Waals surface area contributed by atoms with Crippen molar-refractivity contribution in [1.29, 1.82) is 0 Å². The summed E-state index contributed by atoms with van der Waals surface area (Å²) in [7, 11) is 0. The zero-order valence-corrected chi connectivity index (χ0v) is 15.2. The number of rotatable bonds is 3. The van der Waals surface area contributed by atoms with E-state index >= 15 is 0 Å². The van der Waals surface area contributed by atoms with Crippen molar-refractivity contribution in [3.8, 4) is 10.4 Å². The van der Waals surface area contributed by atoms with Gasteiger partial charge in [-0.3, -0.25) is 9.59 Å². The molecule has 132 valence electrons. The molecule has 1 saturated heterocycles. The lowest BCUT2D eigenvalue weighted by Crippen LogP contribution is -2.51. The molecule has 1 aliphatic heterocycles. The molecular formula is C19H21FN2O2S. The van der Waals surface area contributed by atoms with Crippen molar-refractivity contribution in [2.75, 3.05) is 26.2 Å². The summed E-state index contributed by atoms with van der Waals surface area (Å²) < 4.78 is 13.9. The number of hydrogen-bond donors (Lipinski definition) is 0. The largest absolute Gasteiger partial charge is 0.339 e. The maximum absolute atomic E-state index is 13.9. The lowest BCUT2D eigenvalue weighted by Gasteiger charge is -2.35. The molecule has 0 bridgehead atoms. The van der Waals surface area contributed by atoms with Crippen LogP contribution in [0.4, 0.5) is 4.39 Å². The SMILES string of the molecule is CC(C)C(=O)N1CCN(C(=O)c2ccc(-c3ccccc3F)s2)CC1. The van der Waals surface area contributed by atoms with Gasteiger partial charge in [0.25, 0.3) is 5.91 Å². The van der Waals surface area contributed by atoms with E-state index in [0.29, 0.717) is 36.6 Å². The summed E-state index contributed by atoms with van der Waals surface area (Å²) >= 11 is 1.30. The highest BCUT2D eigenvalue weighted by atomic mass is 32.1. The Labute approximate surface area is 150 Å². The third-order valence-corrected chi connectivity index (χ3v) is 5.44. The molecule has 1 aromatic carbocycles. The normalized spacial score (nSPS) is 14.9. The van der Waals surface area contributed by atoms with E-state index in [-0.39, 0.29) is 23.5 Å². The van der Waals surface area contributed by atoms with Crippen molar-refractivity contribution in [3.63, 3.8) is 0 Å². The van der Waals surface area contributed by atoms with Crippen molar-refractivity contribution in [2.24, 2.45) is 5.92 Å². The maximum atomic E-state index is 13.9. The Morgan fingerprint density at radius 2 is 1.64 bits per heavy atom. The lowest BCUT2D eigenvalue weighted by molar-refractivity contribution is -0.135. The van der Waals surface area contributed by atoms with E-state index in [0.717, 1.165) is 4.88 Å². The van der Waals surface area contributed by atoms with Crippen molar-refractivity contribution in [2.45, 2.75) is 13.8 Å². The van der Waals surface area contributed by atoms with Crippen LogP contribution < -0.4 is 0 Å². The van der Waals surface area contributed by atoms with Gasteiger partial charge in [0.05, 0.1) is 4.88 Å². The summed E-state index contributed by atoms with van der Waals surface area (Å²) in [4.78, 5) is 29.6. The first-order chi connectivity index (χ1) is 12.0. The minimum atomic E-state index is -0.288. The highest BCUT2D eigenvalue weighted by Gasteiger charge is 2.26. The van der Waals surface area contributed by atoms with Crippen LogP contribution in [0.3, 0.4) is 0 Å². The third kappa shape index (κ3) is 3.74. The van der Waals surface area contributed by atoms with Gasteiger partial charge >= 0.3 is 0 Å². The fourth-order valence-corrected chi connectivity index (χ4v) is 3.91. The number of halogens is 1. The van der Waals surface area contributed by atoms with Gasteiger partial charge in [0.1, 0.15) is 5.82 Å². The minimum Gasteiger partial charge on any atom is -0.339 e. The lowest BCUT2D eigenvalue weighted by atomic mass is 10.1. The molecule has 2 amide bonds. The molecule has 2 heterocycles. The van der Waals surface area contributed by atoms with Gasteiger partial charge in [0.2, 0.25) is 5.91 Å². The number of hydrogen-bond acceptors (Lipinski definition) is 3. The topological polar surface area (TPSA) is 40.6 Å². The molecule has 25 heavy (non-hydrogen) atoms. The van der Waals surface area contributed by atoms with Crippen molar-refractivity contribution < 1.29 is 14.0 Å². The number of carbonyl (C=O) groups is 2. The molecule has 4 nitrogen and oxygen atoms in total. The molecule has 0 unspecified atom stereocenters. The molecule has 6 heteroatoms. The maximum Gasteiger partial charge on any atom is 0.264 e. The Kier molecular flexibility index (Phi) is 5.18. The second-order valence-electron chi connectivity index (χ2n) is 6.42. The summed E-state index contributed by atoms with van der Waals surface area (Å²) in [6.07, 6.45) is 0. The standard InChI is InChI=1S/C19H21FN2O2S/c1-13(2)18(23)21-9-11-22(12-10-21)19(24)17-8-7-16(25-17)14-5-3-4-6-15(14)20/h3-8,13H,9-12H2,1-2H3. The summed E-state index contributed by atoms with van der Waals surface area (Å²) in [6.45, 7) is 5.96. The molecule has 0 aliphatic carbocycles. The third-order valence-electron chi connectivity index (χ3n) is 4.33. The number of piperazine rings is 1. The summed E-state index contributed by atoms with van der Waals surface area (Å²) in [5.74, 6) is -0.235. The summed E-state index contributed by atoms with van der Waals surface area (Å²) in [5.41, 5.74) is 0.513. The second kappa shape index (κ2) is 7.35. The highest BCUT2D eigenvalue weighted by Crippen LogP contribution is 2.30. The summed E-state index contributed by atoms with van der Waals surface area (Å²) in [5, 5.41) is 0. The fraction of sp³-hybridized carbons (Fsp3) is 0.368. The molecule has 0 radical (unpaired) electrons. The minimum absolute atomic E-state index is 0.0251. The molecular weight excluding hydrogens is 339 g/mol. The van der Waals surface area contributed by atoms with Crippen LogP contribution in [0.1, 0.15) is 23.5 Å². The quantitative estimate of drug-likeness (QED) is 0.841. The van der Waals surface area contributed by atoms with Gasteiger partial charge in [0.15, 0.2) is 0 Å². The van der Waals surface area contributed by atoms with E-state index in [9.17, 15) is 14.0 Å². The first-order valence-electron chi connectivity index (χ1n) is 8.40. The predicted molar refractivity (Wildman–Crippen MR) is 97.0 cm³/mol. The van der Waals surface area contributed by atoms with Gasteiger partial charge in [-0.1, -0.05) is 32.0 Å². The predicted octanol–water partition coefficient (Wildman–Crippen LogP) is 3.49. The van der Waals surface area contributed by atoms with Crippen LogP contribution >= 0.6 is 11.3 Å². The Morgan fingerprint density at radius 3 is 2.28 bits per heavy atom. The van der Waals surface area contributed by atoms with Gasteiger partial charge in [-0.25, -0.2) is 4.39 Å². The fourth-order valence-electron chi connectivity index (χ4n) is 2.91. The molecule has 2 aromatic rings. The van der Waals surface area contributed by atoms with Gasteiger partial charge < -0.3 is 9.80 Å². The number of benzene rings is 1. The van der Waals surface area contributed by atoms with E-state index in [4.69, 9.17) is 0 Å². The van der Waals surface area contributed by atoms with Gasteiger partial charge in [-0.15, -0.1) is 11.3 Å². The Morgan fingerprint density at radius 1 is 1.00 bits per heavy atom. The van der Waals surface area contributed by atoms with Gasteiger partial charge in [0, 0.05) is 42.5 Å². The average molecular weight is 360 g/mol. The molecule has 0 atom stereocenters. The van der Waals surface area contributed by atoms with Crippen LogP contribution in [0, 0.1) is 11.7 Å². The number of amides is 2. The Hall–Kier alpha value is -2.21. The smallest absolute Gasteiger partial charge is 0.264 e.